The molecule has 0 atom stereocenters. The van der Waals surface area contributed by atoms with E-state index in [1.165, 1.54) is 37.4 Å². The highest BCUT2D eigenvalue weighted by Crippen LogP contribution is 2.29. The summed E-state index contributed by atoms with van der Waals surface area (Å²) in [6, 6.07) is 7.25. The standard InChI is InChI=1S/C16H13Cl3N2O4/c1-24-14-6-13(20)12(19)5-11(14)16(23)25-7-15(22)21-10-3-8(17)2-9(18)4-10/h2-6H,7,20H2,1H3,(H,21,22). The van der Waals surface area contributed by atoms with Crippen molar-refractivity contribution in [1.29, 1.82) is 0 Å². The van der Waals surface area contributed by atoms with Gasteiger partial charge >= 0.3 is 5.97 Å². The van der Waals surface area contributed by atoms with Crippen LogP contribution < -0.4 is 15.8 Å². The van der Waals surface area contributed by atoms with Crippen molar-refractivity contribution in [2.45, 2.75) is 0 Å². The zero-order valence-corrected chi connectivity index (χ0v) is 15.2. The lowest BCUT2D eigenvalue weighted by Crippen LogP contribution is -2.21. The fourth-order valence-electron chi connectivity index (χ4n) is 1.93. The molecule has 0 aliphatic heterocycles. The Hall–Kier alpha value is -2.15. The van der Waals surface area contributed by atoms with Gasteiger partial charge in [0.2, 0.25) is 0 Å². The second-order valence-corrected chi connectivity index (χ2v) is 6.14. The number of hydrogen-bond acceptors (Lipinski definition) is 5. The number of ether oxygens (including phenoxy) is 2. The highest BCUT2D eigenvalue weighted by atomic mass is 35.5. The smallest absolute Gasteiger partial charge is 0.342 e. The lowest BCUT2D eigenvalue weighted by molar-refractivity contribution is -0.119. The molecule has 0 radical (unpaired) electrons. The minimum Gasteiger partial charge on any atom is -0.496 e. The molecule has 0 saturated heterocycles. The molecule has 1 amide bonds. The SMILES string of the molecule is COc1cc(N)c(Cl)cc1C(=O)OCC(=O)Nc1cc(Cl)cc(Cl)c1. The van der Waals surface area contributed by atoms with Crippen LogP contribution in [-0.2, 0) is 9.53 Å². The van der Waals surface area contributed by atoms with E-state index in [0.29, 0.717) is 15.7 Å². The van der Waals surface area contributed by atoms with Crippen molar-refractivity contribution in [3.63, 3.8) is 0 Å². The Morgan fingerprint density at radius 2 is 1.72 bits per heavy atom. The quantitative estimate of drug-likeness (QED) is 0.581. The van der Waals surface area contributed by atoms with Gasteiger partial charge in [-0.05, 0) is 24.3 Å². The van der Waals surface area contributed by atoms with E-state index in [-0.39, 0.29) is 22.0 Å². The predicted octanol–water partition coefficient (Wildman–Crippen LogP) is 4.03. The van der Waals surface area contributed by atoms with Crippen molar-refractivity contribution in [2.24, 2.45) is 0 Å². The van der Waals surface area contributed by atoms with E-state index in [1.54, 1.807) is 0 Å². The van der Waals surface area contributed by atoms with Crippen molar-refractivity contribution >= 4 is 58.1 Å². The maximum atomic E-state index is 12.1. The van der Waals surface area contributed by atoms with Crippen LogP contribution in [0.4, 0.5) is 11.4 Å². The number of benzene rings is 2. The molecule has 0 bridgehead atoms. The molecular formula is C16H13Cl3N2O4. The highest BCUT2D eigenvalue weighted by molar-refractivity contribution is 6.35. The second kappa shape index (κ2) is 8.29. The number of methoxy groups -OCH3 is 1. The number of esters is 1. The molecule has 0 aliphatic carbocycles. The summed E-state index contributed by atoms with van der Waals surface area (Å²) in [4.78, 5) is 24.0. The maximum absolute atomic E-state index is 12.1. The van der Waals surface area contributed by atoms with E-state index in [4.69, 9.17) is 50.0 Å². The molecule has 0 unspecified atom stereocenters. The number of carbonyl (C=O) groups excluding carboxylic acids is 2. The third-order valence-electron chi connectivity index (χ3n) is 3.02. The van der Waals surface area contributed by atoms with Crippen LogP contribution in [0.3, 0.4) is 0 Å². The number of rotatable bonds is 5. The minimum absolute atomic E-state index is 0.0558. The summed E-state index contributed by atoms with van der Waals surface area (Å²) in [7, 11) is 1.37. The van der Waals surface area contributed by atoms with Crippen molar-refractivity contribution < 1.29 is 19.1 Å². The molecule has 0 aliphatic rings. The molecular weight excluding hydrogens is 391 g/mol. The van der Waals surface area contributed by atoms with E-state index >= 15 is 0 Å². The summed E-state index contributed by atoms with van der Waals surface area (Å²) < 4.78 is 10.0. The highest BCUT2D eigenvalue weighted by Gasteiger charge is 2.18. The van der Waals surface area contributed by atoms with Gasteiger partial charge in [0.1, 0.15) is 11.3 Å². The van der Waals surface area contributed by atoms with Gasteiger partial charge in [-0.15, -0.1) is 0 Å². The van der Waals surface area contributed by atoms with Crippen LogP contribution in [0.1, 0.15) is 10.4 Å². The zero-order chi connectivity index (χ0) is 18.6. The molecule has 3 N–H and O–H groups in total. The van der Waals surface area contributed by atoms with Gasteiger partial charge in [-0.2, -0.15) is 0 Å². The average Bonchev–Trinajstić information content (AvgIpc) is 2.53. The van der Waals surface area contributed by atoms with Crippen LogP contribution in [0, 0.1) is 0 Å². The predicted molar refractivity (Wildman–Crippen MR) is 97.8 cm³/mol. The third-order valence-corrected chi connectivity index (χ3v) is 3.78. The minimum atomic E-state index is -0.780. The first-order chi connectivity index (χ1) is 11.8. The van der Waals surface area contributed by atoms with Crippen LogP contribution in [0.2, 0.25) is 15.1 Å². The Morgan fingerprint density at radius 3 is 2.32 bits per heavy atom. The normalized spacial score (nSPS) is 10.2. The summed E-state index contributed by atoms with van der Waals surface area (Å²) in [5, 5.41) is 3.41. The van der Waals surface area contributed by atoms with Crippen LogP contribution in [0.5, 0.6) is 5.75 Å². The number of hydrogen-bond donors (Lipinski definition) is 2. The van der Waals surface area contributed by atoms with Gasteiger partial charge in [-0.3, -0.25) is 4.79 Å². The van der Waals surface area contributed by atoms with Crippen LogP contribution >= 0.6 is 34.8 Å². The van der Waals surface area contributed by atoms with E-state index in [2.05, 4.69) is 5.32 Å². The van der Waals surface area contributed by atoms with Gasteiger partial charge in [0, 0.05) is 21.8 Å². The number of nitrogens with one attached hydrogen (secondary N) is 1. The van der Waals surface area contributed by atoms with Crippen LogP contribution in [0.25, 0.3) is 0 Å². The van der Waals surface area contributed by atoms with Gasteiger partial charge < -0.3 is 20.5 Å². The fourth-order valence-corrected chi connectivity index (χ4v) is 2.62. The Labute approximate surface area is 158 Å². The van der Waals surface area contributed by atoms with E-state index < -0.39 is 18.5 Å². The molecule has 0 fully saturated rings. The summed E-state index contributed by atoms with van der Waals surface area (Å²) >= 11 is 17.6. The first-order valence-corrected chi connectivity index (χ1v) is 7.99. The van der Waals surface area contributed by atoms with Gasteiger partial charge in [0.15, 0.2) is 6.61 Å². The zero-order valence-electron chi connectivity index (χ0n) is 12.9. The van der Waals surface area contributed by atoms with E-state index in [0.717, 1.165) is 0 Å². The largest absolute Gasteiger partial charge is 0.496 e. The summed E-state index contributed by atoms with van der Waals surface area (Å²) in [5.41, 5.74) is 6.34. The first kappa shape index (κ1) is 19.2. The maximum Gasteiger partial charge on any atom is 0.342 e. The topological polar surface area (TPSA) is 90.7 Å². The monoisotopic (exact) mass is 402 g/mol. The van der Waals surface area contributed by atoms with Crippen LogP contribution in [-0.4, -0.2) is 25.6 Å². The van der Waals surface area contributed by atoms with E-state index in [9.17, 15) is 9.59 Å². The summed E-state index contributed by atoms with van der Waals surface area (Å²) in [6.07, 6.45) is 0. The molecule has 25 heavy (non-hydrogen) atoms. The Balaban J connectivity index is 2.02. The van der Waals surface area contributed by atoms with Crippen molar-refractivity contribution in [2.75, 3.05) is 24.8 Å². The number of nitrogens with two attached hydrogens (primary N) is 1. The molecule has 0 heterocycles. The molecule has 0 saturated carbocycles. The van der Waals surface area contributed by atoms with Crippen molar-refractivity contribution in [3.8, 4) is 5.75 Å². The van der Waals surface area contributed by atoms with Gasteiger partial charge in [-0.1, -0.05) is 34.8 Å². The Bertz CT molecular complexity index is 807. The number of nitrogen functional groups attached to an aromatic ring is 1. The third kappa shape index (κ3) is 5.16. The Morgan fingerprint density at radius 1 is 1.08 bits per heavy atom. The number of halogens is 3. The molecule has 2 aromatic rings. The number of anilines is 2. The summed E-state index contributed by atoms with van der Waals surface area (Å²) in [5.74, 6) is -1.15. The second-order valence-electron chi connectivity index (χ2n) is 4.86. The summed E-state index contributed by atoms with van der Waals surface area (Å²) in [6.45, 7) is -0.520. The molecule has 0 aromatic heterocycles. The average molecular weight is 404 g/mol. The van der Waals surface area contributed by atoms with Crippen LogP contribution in [0.15, 0.2) is 30.3 Å². The van der Waals surface area contributed by atoms with Crippen molar-refractivity contribution in [1.82, 2.24) is 0 Å². The van der Waals surface area contributed by atoms with Gasteiger partial charge in [0.05, 0.1) is 17.8 Å². The molecule has 132 valence electrons. The molecule has 9 heteroatoms. The van der Waals surface area contributed by atoms with Gasteiger partial charge in [0.25, 0.3) is 5.91 Å². The molecule has 2 aromatic carbocycles. The number of amides is 1. The van der Waals surface area contributed by atoms with E-state index in [1.807, 2.05) is 0 Å². The molecule has 0 spiro atoms. The first-order valence-electron chi connectivity index (χ1n) is 6.86. The lowest BCUT2D eigenvalue weighted by atomic mass is 10.2. The fraction of sp³-hybridized carbons (Fsp3) is 0.125. The Kier molecular flexibility index (Phi) is 6.36. The number of carbonyl (C=O) groups is 2. The van der Waals surface area contributed by atoms with Crippen molar-refractivity contribution in [3.05, 3.63) is 51.0 Å². The lowest BCUT2D eigenvalue weighted by Gasteiger charge is -2.11. The molecule has 6 nitrogen and oxygen atoms in total. The molecule has 2 rings (SSSR count). The van der Waals surface area contributed by atoms with Gasteiger partial charge in [-0.25, -0.2) is 4.79 Å².